The molecule has 3 saturated heterocycles. The number of carbonyl (C=O) groups excluding carboxylic acids is 4. The number of methoxy groups -OCH3 is 1. The number of nitrogens with zero attached hydrogens (tertiary/aromatic N) is 3. The number of cyclic esters (lactones) is 1. The third-order valence-electron chi connectivity index (χ3n) is 10.7. The molecule has 2 N–H and O–H groups in total. The maximum Gasteiger partial charge on any atom is 0.313 e. The number of morpholine rings is 1. The van der Waals surface area contributed by atoms with E-state index in [9.17, 15) is 24.3 Å². The lowest BCUT2D eigenvalue weighted by Gasteiger charge is -2.40. The fraction of sp³-hybridized carbons (Fsp3) is 0.622. The predicted octanol–water partition coefficient (Wildman–Crippen LogP) is 1.08. The lowest BCUT2D eigenvalue weighted by Crippen LogP contribution is -2.60. The Morgan fingerprint density at radius 2 is 1.80 bits per heavy atom. The first-order valence-corrected chi connectivity index (χ1v) is 17.8. The van der Waals surface area contributed by atoms with E-state index in [1.165, 1.54) is 12.0 Å². The second-order valence-electron chi connectivity index (χ2n) is 14.1. The molecule has 3 amide bonds. The van der Waals surface area contributed by atoms with Crippen LogP contribution >= 0.6 is 0 Å². The molecule has 8 atom stereocenters. The zero-order chi connectivity index (χ0) is 35.4. The van der Waals surface area contributed by atoms with E-state index in [-0.39, 0.29) is 43.9 Å². The van der Waals surface area contributed by atoms with Crippen molar-refractivity contribution in [2.24, 2.45) is 17.8 Å². The fourth-order valence-electron chi connectivity index (χ4n) is 8.11. The Labute approximate surface area is 293 Å². The van der Waals surface area contributed by atoms with Gasteiger partial charge in [0.1, 0.15) is 23.7 Å². The van der Waals surface area contributed by atoms with Crippen LogP contribution in [-0.2, 0) is 38.1 Å². The van der Waals surface area contributed by atoms with E-state index in [1.54, 1.807) is 17.1 Å². The number of hydrogen-bond acceptors (Lipinski definition) is 10. The Hall–Kier alpha value is -3.62. The first-order valence-electron chi connectivity index (χ1n) is 17.8. The van der Waals surface area contributed by atoms with Crippen LogP contribution in [0.1, 0.15) is 38.4 Å². The summed E-state index contributed by atoms with van der Waals surface area (Å²) in [6.07, 6.45) is 6.15. The Balaban J connectivity index is 1.41. The van der Waals surface area contributed by atoms with Crippen LogP contribution in [0.15, 0.2) is 54.6 Å². The van der Waals surface area contributed by atoms with Crippen LogP contribution in [0.5, 0.6) is 0 Å². The van der Waals surface area contributed by atoms with Crippen LogP contribution in [0.2, 0.25) is 0 Å². The quantitative estimate of drug-likeness (QED) is 0.285. The lowest BCUT2D eigenvalue weighted by molar-refractivity contribution is -0.163. The van der Waals surface area contributed by atoms with Crippen LogP contribution in [0, 0.1) is 17.8 Å². The molecule has 0 saturated carbocycles. The number of esters is 1. The highest BCUT2D eigenvalue weighted by Crippen LogP contribution is 2.56. The molecule has 272 valence electrons. The number of aliphatic hydroxyl groups excluding tert-OH is 1. The molecule has 1 aromatic rings. The first-order chi connectivity index (χ1) is 24.2. The predicted molar refractivity (Wildman–Crippen MR) is 181 cm³/mol. The summed E-state index contributed by atoms with van der Waals surface area (Å²) >= 11 is 0. The van der Waals surface area contributed by atoms with E-state index >= 15 is 0 Å². The molecule has 5 aliphatic heterocycles. The highest BCUT2D eigenvalue weighted by atomic mass is 16.6. The summed E-state index contributed by atoms with van der Waals surface area (Å²) in [6.45, 7) is 7.46. The van der Waals surface area contributed by atoms with Crippen molar-refractivity contribution in [1.82, 2.24) is 20.0 Å². The summed E-state index contributed by atoms with van der Waals surface area (Å²) in [7, 11) is 1.51. The summed E-state index contributed by atoms with van der Waals surface area (Å²) in [5.74, 6) is -3.95. The van der Waals surface area contributed by atoms with Gasteiger partial charge in [-0.1, -0.05) is 68.5 Å². The number of rotatable bonds is 9. The molecule has 6 rings (SSSR count). The Kier molecular flexibility index (Phi) is 11.4. The van der Waals surface area contributed by atoms with Crippen molar-refractivity contribution in [2.75, 3.05) is 66.3 Å². The minimum atomic E-state index is -1.43. The number of hydrogen-bond donors (Lipinski definition) is 2. The molecule has 5 heterocycles. The molecular weight excluding hydrogens is 644 g/mol. The van der Waals surface area contributed by atoms with Gasteiger partial charge in [-0.05, 0) is 17.9 Å². The smallest absolute Gasteiger partial charge is 0.313 e. The van der Waals surface area contributed by atoms with Crippen LogP contribution in [-0.4, -0.2) is 140 Å². The molecule has 50 heavy (non-hydrogen) atoms. The van der Waals surface area contributed by atoms with Gasteiger partial charge in [0.15, 0.2) is 0 Å². The first kappa shape index (κ1) is 36.2. The molecule has 0 aliphatic carbocycles. The van der Waals surface area contributed by atoms with Crippen molar-refractivity contribution in [2.45, 2.75) is 62.6 Å². The van der Waals surface area contributed by atoms with Gasteiger partial charge in [0.2, 0.25) is 17.7 Å². The number of allylic oxidation sites excluding steroid dienone is 1. The van der Waals surface area contributed by atoms with Gasteiger partial charge in [0.25, 0.3) is 0 Å². The van der Waals surface area contributed by atoms with Crippen molar-refractivity contribution >= 4 is 23.7 Å². The highest BCUT2D eigenvalue weighted by Gasteiger charge is 2.74. The second-order valence-corrected chi connectivity index (χ2v) is 14.1. The second kappa shape index (κ2) is 15.7. The van der Waals surface area contributed by atoms with Crippen LogP contribution in [0.25, 0.3) is 0 Å². The molecule has 3 fully saturated rings. The number of nitrogens with one attached hydrogen (secondary N) is 1. The molecule has 1 aromatic carbocycles. The summed E-state index contributed by atoms with van der Waals surface area (Å²) in [4.78, 5) is 62.7. The minimum Gasteiger partial charge on any atom is -0.455 e. The van der Waals surface area contributed by atoms with E-state index in [1.807, 2.05) is 56.3 Å². The average Bonchev–Trinajstić information content (AvgIpc) is 3.76. The molecule has 0 unspecified atom stereocenters. The third kappa shape index (κ3) is 6.98. The van der Waals surface area contributed by atoms with Gasteiger partial charge >= 0.3 is 5.97 Å². The molecule has 5 bridgehead atoms. The highest BCUT2D eigenvalue weighted by molar-refractivity contribution is 5.99. The van der Waals surface area contributed by atoms with Gasteiger partial charge in [-0.3, -0.25) is 24.1 Å². The number of aliphatic hydroxyl groups is 1. The normalized spacial score (nSPS) is 33.5. The van der Waals surface area contributed by atoms with Crippen LogP contribution < -0.4 is 5.32 Å². The maximum absolute atomic E-state index is 14.9. The number of ether oxygens (including phenoxy) is 4. The maximum atomic E-state index is 14.9. The summed E-state index contributed by atoms with van der Waals surface area (Å²) in [5.41, 5.74) is -0.777. The Morgan fingerprint density at radius 3 is 2.50 bits per heavy atom. The zero-order valence-electron chi connectivity index (χ0n) is 29.1. The molecule has 0 aromatic heterocycles. The third-order valence-corrected chi connectivity index (χ3v) is 10.7. The molecule has 5 aliphatic rings. The van der Waals surface area contributed by atoms with Gasteiger partial charge in [-0.25, -0.2) is 0 Å². The molecule has 0 radical (unpaired) electrons. The number of carbonyl (C=O) groups is 4. The van der Waals surface area contributed by atoms with Gasteiger partial charge in [-0.15, -0.1) is 0 Å². The average molecular weight is 695 g/mol. The molecule has 13 heteroatoms. The Morgan fingerprint density at radius 1 is 1.04 bits per heavy atom. The standard InChI is InChI=1S/C37H50N4O9/c1-24(2)27(22-42)41-33-35(45)40(17-16-39-18-20-48-21-19-39)15-9-5-8-12-29(43)38-26(23-47-3)32(25-10-6-4-7-11-25)49-36(46)30-28-13-14-37(33,50-28)31(30)34(41)44/h4-7,9-11,13-14,24,26-28,30-33,42H,8,12,15-23H2,1-3H3,(H,38,43)/b9-5-/t26-,27+,28+,30-,31-,32-,33+,37-/m1/s1. The van der Waals surface area contributed by atoms with Crippen molar-refractivity contribution in [3.8, 4) is 0 Å². The van der Waals surface area contributed by atoms with Crippen molar-refractivity contribution < 1.29 is 43.2 Å². The van der Waals surface area contributed by atoms with Crippen molar-refractivity contribution in [3.63, 3.8) is 0 Å². The fourth-order valence-corrected chi connectivity index (χ4v) is 8.11. The SMILES string of the molecule is COC[C@H]1NC(=O)CC/C=C\CN(CCN2CCOCC2)C(=O)[C@@H]2N([C@@H](CO)C(C)C)C(=O)[C@H]3[C@H](C(=O)O[C@@H]1c1ccccc1)[C@@H]1C=C[C@]23O1. The lowest BCUT2D eigenvalue weighted by atomic mass is 9.74. The van der Waals surface area contributed by atoms with E-state index in [0.717, 1.165) is 13.1 Å². The van der Waals surface area contributed by atoms with Crippen molar-refractivity contribution in [1.29, 1.82) is 0 Å². The number of amides is 3. The number of likely N-dealkylation sites (tertiary alicyclic amines) is 1. The minimum absolute atomic E-state index is 0.0697. The van der Waals surface area contributed by atoms with Gasteiger partial charge in [-0.2, -0.15) is 0 Å². The molecule has 1 spiro atoms. The Bertz CT molecular complexity index is 1450. The monoisotopic (exact) mass is 694 g/mol. The largest absolute Gasteiger partial charge is 0.455 e. The number of benzene rings is 1. The van der Waals surface area contributed by atoms with Crippen LogP contribution in [0.4, 0.5) is 0 Å². The van der Waals surface area contributed by atoms with E-state index in [0.29, 0.717) is 38.3 Å². The van der Waals surface area contributed by atoms with Crippen molar-refractivity contribution in [3.05, 3.63) is 60.2 Å². The van der Waals surface area contributed by atoms with E-state index in [4.69, 9.17) is 18.9 Å². The van der Waals surface area contributed by atoms with E-state index < -0.39 is 59.6 Å². The summed E-state index contributed by atoms with van der Waals surface area (Å²) in [5, 5.41) is 13.6. The van der Waals surface area contributed by atoms with Crippen LogP contribution in [0.3, 0.4) is 0 Å². The topological polar surface area (TPSA) is 147 Å². The molecule has 13 nitrogen and oxygen atoms in total. The summed E-state index contributed by atoms with van der Waals surface area (Å²) in [6, 6.07) is 6.59. The van der Waals surface area contributed by atoms with Gasteiger partial charge < -0.3 is 39.2 Å². The van der Waals surface area contributed by atoms with Gasteiger partial charge in [0.05, 0.1) is 50.5 Å². The number of fused-ring (bicyclic) bond motifs is 2. The molecular formula is C37H50N4O9. The zero-order valence-corrected chi connectivity index (χ0v) is 29.1. The van der Waals surface area contributed by atoms with E-state index in [2.05, 4.69) is 10.2 Å². The van der Waals surface area contributed by atoms with Gasteiger partial charge in [0, 0.05) is 46.3 Å². The summed E-state index contributed by atoms with van der Waals surface area (Å²) < 4.78 is 23.9.